The van der Waals surface area contributed by atoms with Crippen LogP contribution >= 0.6 is 0 Å². The lowest BCUT2D eigenvalue weighted by Gasteiger charge is -2.41. The van der Waals surface area contributed by atoms with Gasteiger partial charge in [-0.05, 0) is 165 Å². The molecular weight excluding hydrogens is 1360 g/mol. The van der Waals surface area contributed by atoms with Crippen LogP contribution in [0.4, 0.5) is 42.4 Å². The number of pyridine rings is 1. The Morgan fingerprint density at radius 1 is 0.777 bits per heavy atom. The van der Waals surface area contributed by atoms with Crippen molar-refractivity contribution in [2.75, 3.05) is 29.9 Å². The molecule has 5 aromatic carbocycles. The number of anilines is 2. The number of piperidine rings is 1. The number of carboxylic acid groups (broad SMARTS) is 1. The molecule has 0 bridgehead atoms. The summed E-state index contributed by atoms with van der Waals surface area (Å²) < 4.78 is 137. The lowest BCUT2D eigenvalue weighted by molar-refractivity contribution is -0.140. The number of nitrogens with one attached hydrogen (secondary N) is 1. The summed E-state index contributed by atoms with van der Waals surface area (Å²) in [7, 11) is -4.00. The van der Waals surface area contributed by atoms with Gasteiger partial charge in [-0.25, -0.2) is 27.5 Å². The first-order chi connectivity index (χ1) is 48.6. The maximum absolute atomic E-state index is 17.3. The number of hydrogen-bond donors (Lipinski definition) is 7. The molecule has 4 atom stereocenters. The van der Waals surface area contributed by atoms with E-state index in [0.717, 1.165) is 35.5 Å². The van der Waals surface area contributed by atoms with Crippen LogP contribution in [-0.4, -0.2) is 113 Å². The highest BCUT2D eigenvalue weighted by molar-refractivity contribution is 7.85. The second-order valence-electron chi connectivity index (χ2n) is 28.5. The van der Waals surface area contributed by atoms with Crippen LogP contribution in [0, 0.1) is 11.2 Å². The third kappa shape index (κ3) is 20.9. The first kappa shape index (κ1) is 78.5. The fourth-order valence-electron chi connectivity index (χ4n) is 13.8. The zero-order valence-corrected chi connectivity index (χ0v) is 59.1. The maximum Gasteiger partial charge on any atom is 0.416 e. The van der Waals surface area contributed by atoms with Gasteiger partial charge in [-0.15, -0.1) is 0 Å². The fraction of sp³-hybridized carbons (Fsp3) is 0.423. The number of aliphatic hydroxyl groups is 4. The number of alkyl halides is 6. The molecule has 1 saturated carbocycles. The van der Waals surface area contributed by atoms with Crippen LogP contribution in [0.3, 0.4) is 0 Å². The van der Waals surface area contributed by atoms with Crippen molar-refractivity contribution >= 4 is 33.6 Å². The Hall–Kier alpha value is -8.59. The van der Waals surface area contributed by atoms with Gasteiger partial charge in [-0.3, -0.25) is 19.1 Å². The monoisotopic (exact) mass is 1450 g/mol. The molecule has 1 amide bonds. The van der Waals surface area contributed by atoms with E-state index in [2.05, 4.69) is 15.3 Å². The van der Waals surface area contributed by atoms with Gasteiger partial charge >= 0.3 is 12.1 Å². The molecule has 7 N–H and O–H groups in total. The SMILES string of the molecule is CC(C)(O)CCOc1cnc(N2CCC(c3nc4c(c(C5CCC(F)(F)CC5)c3[C@@H](F)c3ccc(C(F)(F)F)cc3)[C@@H](O)CC(C)(C)C4)CC2)nc1.CC(C)c1c(C(=O)Nc2ccccc2)c(-c2ccccc2)c(-c2ccc(F)cc2)n1CC[C@@H](O)C[C@@H](O)CC(=O)O.O=S(=O)(O)c1ccccc1. The van der Waals surface area contributed by atoms with Crippen LogP contribution in [-0.2, 0) is 34.1 Å². The number of fused-ring (bicyclic) bond motifs is 1. The number of amides is 1. The quantitative estimate of drug-likeness (QED) is 0.0246. The van der Waals surface area contributed by atoms with Crippen molar-refractivity contribution in [3.63, 3.8) is 0 Å². The van der Waals surface area contributed by atoms with Crippen LogP contribution in [0.25, 0.3) is 22.4 Å². The molecule has 2 fully saturated rings. The van der Waals surface area contributed by atoms with Gasteiger partial charge in [0.05, 0.1) is 76.7 Å². The lowest BCUT2D eigenvalue weighted by atomic mass is 9.68. The number of carboxylic acids is 1. The molecule has 0 radical (unpaired) electrons. The average Bonchev–Trinajstić information content (AvgIpc) is 1.73. The van der Waals surface area contributed by atoms with Gasteiger partial charge in [-0.1, -0.05) is 107 Å². The summed E-state index contributed by atoms with van der Waals surface area (Å²) in [4.78, 5) is 41.0. The normalized spacial score (nSPS) is 17.2. The number of ether oxygens (including phenoxy) is 1. The predicted molar refractivity (Wildman–Crippen MR) is 378 cm³/mol. The average molecular weight is 1450 g/mol. The van der Waals surface area contributed by atoms with Gasteiger partial charge < -0.3 is 45.1 Å². The number of aromatic nitrogens is 4. The summed E-state index contributed by atoms with van der Waals surface area (Å²) in [5.41, 5.74) is 5.05. The van der Waals surface area contributed by atoms with Crippen LogP contribution in [0.5, 0.6) is 5.75 Å². The van der Waals surface area contributed by atoms with Crippen molar-refractivity contribution in [1.82, 2.24) is 19.5 Å². The molecule has 1 saturated heterocycles. The molecule has 11 rings (SSSR count). The van der Waals surface area contributed by atoms with E-state index in [-0.39, 0.29) is 90.1 Å². The van der Waals surface area contributed by atoms with Crippen molar-refractivity contribution in [2.45, 2.75) is 190 Å². The minimum absolute atomic E-state index is 0.0136. The maximum atomic E-state index is 17.3. The van der Waals surface area contributed by atoms with E-state index in [1.165, 1.54) is 24.3 Å². The van der Waals surface area contributed by atoms with Crippen molar-refractivity contribution in [1.29, 1.82) is 0 Å². The molecule has 0 spiro atoms. The number of halogens is 7. The van der Waals surface area contributed by atoms with Crippen LogP contribution < -0.4 is 15.0 Å². The van der Waals surface area contributed by atoms with Crippen molar-refractivity contribution < 1.29 is 83.6 Å². The Morgan fingerprint density at radius 2 is 1.36 bits per heavy atom. The standard InChI is InChI=1S/C39H48F6N4O3.C33H35FN2O5.C6H6O3S/c1-36(2)19-28-31(29(50)20-36)30(23-9-13-38(41,42)14-10-23)32(33(40)24-5-7-26(8-6-24)39(43,44)45)34(48-28)25-11-16-49(17-12-25)35-46-21-27(22-47-35)52-18-15-37(3,4)51;1-21(2)31-30(33(41)35-25-11-7-4-8-12-25)29(22-9-5-3-6-10-22)32(23-13-15-24(34)16-14-23)36(31)18-17-26(37)19-27(38)20-28(39)40;7-10(8,9)6-4-2-1-3-5-6/h5-8,21-23,25,29,33,50-51H,9-20H2,1-4H3;3-16,21,26-27,37-38H,17-20H2,1-2H3,(H,35,41)(H,39,40);1-5H,(H,7,8,9)/t29-,33-;26-,27-;/m01./s1. The molecule has 25 heteroatoms. The number of hydrogen-bond acceptors (Lipinski definition) is 13. The number of benzene rings is 5. The fourth-order valence-corrected chi connectivity index (χ4v) is 14.3. The van der Waals surface area contributed by atoms with E-state index in [9.17, 15) is 64.8 Å². The smallest absolute Gasteiger partial charge is 0.416 e. The molecule has 0 unspecified atom stereocenters. The third-order valence-electron chi connectivity index (χ3n) is 18.8. The molecule has 4 heterocycles. The van der Waals surface area contributed by atoms with E-state index < -0.39 is 76.2 Å². The summed E-state index contributed by atoms with van der Waals surface area (Å²) >= 11 is 0. The first-order valence-corrected chi connectivity index (χ1v) is 35.9. The number of nitrogens with zero attached hydrogens (tertiary/aromatic N) is 5. The molecule has 103 heavy (non-hydrogen) atoms. The van der Waals surface area contributed by atoms with Gasteiger partial charge in [-0.2, -0.15) is 21.6 Å². The molecule has 3 aromatic heterocycles. The topological polar surface area (TPSA) is 258 Å². The number of carbonyl (C=O) groups excluding carboxylic acids is 1. The Kier molecular flexibility index (Phi) is 25.5. The highest BCUT2D eigenvalue weighted by atomic mass is 32.2. The summed E-state index contributed by atoms with van der Waals surface area (Å²) in [6.07, 6.45) is -4.97. The van der Waals surface area contributed by atoms with Crippen LogP contribution in [0.15, 0.2) is 157 Å². The highest BCUT2D eigenvalue weighted by Gasteiger charge is 2.44. The predicted octanol–water partition coefficient (Wildman–Crippen LogP) is 16.4. The molecular formula is C78H89F7N6O11S. The van der Waals surface area contributed by atoms with Crippen molar-refractivity contribution in [3.8, 4) is 28.1 Å². The molecule has 1 aliphatic heterocycles. The number of aliphatic hydroxyl groups excluding tert-OH is 3. The number of para-hydroxylation sites is 1. The zero-order valence-electron chi connectivity index (χ0n) is 58.3. The summed E-state index contributed by atoms with van der Waals surface area (Å²) in [6, 6.07) is 36.2. The van der Waals surface area contributed by atoms with E-state index in [1.54, 1.807) is 56.6 Å². The molecule has 3 aliphatic rings. The van der Waals surface area contributed by atoms with Gasteiger partial charge in [0.1, 0.15) is 5.82 Å². The Bertz CT molecular complexity index is 4240. The summed E-state index contributed by atoms with van der Waals surface area (Å²) in [5.74, 6) is -4.53. The molecule has 552 valence electrons. The summed E-state index contributed by atoms with van der Waals surface area (Å²) in [6.45, 7) is 13.0. The van der Waals surface area contributed by atoms with E-state index >= 15 is 4.39 Å². The van der Waals surface area contributed by atoms with Crippen molar-refractivity contribution in [3.05, 3.63) is 208 Å². The molecule has 8 aromatic rings. The third-order valence-corrected chi connectivity index (χ3v) is 19.7. The zero-order chi connectivity index (χ0) is 74.8. The van der Waals surface area contributed by atoms with Crippen LogP contribution in [0.2, 0.25) is 0 Å². The van der Waals surface area contributed by atoms with E-state index in [4.69, 9.17) is 19.4 Å². The number of rotatable bonds is 22. The van der Waals surface area contributed by atoms with Gasteiger partial charge in [0.25, 0.3) is 16.0 Å². The Balaban J connectivity index is 0.000000215. The minimum Gasteiger partial charge on any atom is -0.490 e. The largest absolute Gasteiger partial charge is 0.490 e. The number of carbonyl (C=O) groups is 2. The Labute approximate surface area is 595 Å². The lowest BCUT2D eigenvalue weighted by Crippen LogP contribution is -2.36. The van der Waals surface area contributed by atoms with Gasteiger partial charge in [0.15, 0.2) is 11.9 Å². The van der Waals surface area contributed by atoms with Crippen LogP contribution in [0.1, 0.15) is 197 Å². The van der Waals surface area contributed by atoms with E-state index in [0.29, 0.717) is 114 Å². The second-order valence-corrected chi connectivity index (χ2v) is 29.9. The van der Waals surface area contributed by atoms with Crippen molar-refractivity contribution in [2.24, 2.45) is 5.41 Å². The number of aliphatic carboxylic acids is 1. The van der Waals surface area contributed by atoms with Gasteiger partial charge in [0.2, 0.25) is 11.9 Å². The first-order valence-electron chi connectivity index (χ1n) is 34.5. The minimum atomic E-state index is -4.60. The highest BCUT2D eigenvalue weighted by Crippen LogP contribution is 2.53. The summed E-state index contributed by atoms with van der Waals surface area (Å²) in [5, 5.41) is 54.3. The molecule has 17 nitrogen and oxygen atoms in total. The van der Waals surface area contributed by atoms with Gasteiger partial charge in [0, 0.05) is 78.6 Å². The second kappa shape index (κ2) is 33.5. The Morgan fingerprint density at radius 3 is 1.90 bits per heavy atom. The van der Waals surface area contributed by atoms with E-state index in [1.807, 2.05) is 97.8 Å². The molecule has 2 aliphatic carbocycles.